The molecule has 1 aliphatic carbocycles. The smallest absolute Gasteiger partial charge is 0.198 e. The lowest BCUT2D eigenvalue weighted by Crippen LogP contribution is -2.34. The molecule has 116 valence electrons. The molecule has 4 rings (SSSR count). The highest BCUT2D eigenvalue weighted by atomic mass is 16.1. The Labute approximate surface area is 132 Å². The Bertz CT molecular complexity index is 915. The zero-order valence-electron chi connectivity index (χ0n) is 12.8. The Balaban J connectivity index is 2.03. The van der Waals surface area contributed by atoms with Gasteiger partial charge in [0.1, 0.15) is 5.66 Å². The van der Waals surface area contributed by atoms with Crippen LogP contribution >= 0.6 is 0 Å². The first kappa shape index (κ1) is 13.6. The van der Waals surface area contributed by atoms with Crippen LogP contribution in [-0.4, -0.2) is 17.2 Å². The first-order valence-corrected chi connectivity index (χ1v) is 7.31. The number of hydrogen-bond acceptors (Lipinski definition) is 6. The van der Waals surface area contributed by atoms with Crippen LogP contribution in [0.5, 0.6) is 0 Å². The van der Waals surface area contributed by atoms with Gasteiger partial charge in [0.2, 0.25) is 0 Å². The predicted molar refractivity (Wildman–Crippen MR) is 89.9 cm³/mol. The molecule has 0 saturated heterocycles. The average Bonchev–Trinajstić information content (AvgIpc) is 2.80. The summed E-state index contributed by atoms with van der Waals surface area (Å²) in [5, 5.41) is 6.54. The number of anilines is 4. The van der Waals surface area contributed by atoms with Crippen LogP contribution < -0.4 is 22.1 Å². The van der Waals surface area contributed by atoms with Crippen molar-refractivity contribution in [1.82, 2.24) is 0 Å². The fourth-order valence-corrected chi connectivity index (χ4v) is 3.33. The third kappa shape index (κ3) is 1.69. The maximum absolute atomic E-state index is 13.0. The number of nitrogens with two attached hydrogens (primary N) is 2. The number of benzene rings is 2. The van der Waals surface area contributed by atoms with E-state index in [1.807, 2.05) is 13.8 Å². The van der Waals surface area contributed by atoms with E-state index in [-0.39, 0.29) is 34.1 Å². The molecule has 6 nitrogen and oxygen atoms in total. The molecule has 0 radical (unpaired) electrons. The van der Waals surface area contributed by atoms with Gasteiger partial charge in [-0.05, 0) is 38.1 Å². The lowest BCUT2D eigenvalue weighted by atomic mass is 9.81. The number of hydrogen-bond donors (Lipinski definition) is 4. The second-order valence-corrected chi connectivity index (χ2v) is 6.44. The summed E-state index contributed by atoms with van der Waals surface area (Å²) in [5.41, 5.74) is 14.5. The number of nitrogen functional groups attached to an aromatic ring is 2. The van der Waals surface area contributed by atoms with Crippen molar-refractivity contribution < 1.29 is 9.59 Å². The van der Waals surface area contributed by atoms with E-state index in [2.05, 4.69) is 10.6 Å². The van der Waals surface area contributed by atoms with Crippen molar-refractivity contribution in [1.29, 1.82) is 0 Å². The molecule has 1 aliphatic heterocycles. The second kappa shape index (κ2) is 4.04. The summed E-state index contributed by atoms with van der Waals surface area (Å²) in [7, 11) is 0. The van der Waals surface area contributed by atoms with E-state index in [0.29, 0.717) is 16.8 Å². The number of nitrogens with one attached hydrogen (secondary N) is 2. The molecule has 0 saturated carbocycles. The van der Waals surface area contributed by atoms with Gasteiger partial charge >= 0.3 is 0 Å². The van der Waals surface area contributed by atoms with Crippen LogP contribution in [0, 0.1) is 0 Å². The molecule has 0 spiro atoms. The minimum absolute atomic E-state index is 0.197. The maximum Gasteiger partial charge on any atom is 0.198 e. The highest BCUT2D eigenvalue weighted by Crippen LogP contribution is 2.43. The Morgan fingerprint density at radius 3 is 2.09 bits per heavy atom. The van der Waals surface area contributed by atoms with Gasteiger partial charge < -0.3 is 22.1 Å². The lowest BCUT2D eigenvalue weighted by molar-refractivity contribution is 0.0981. The summed E-state index contributed by atoms with van der Waals surface area (Å²) < 4.78 is 0. The summed E-state index contributed by atoms with van der Waals surface area (Å²) >= 11 is 0. The number of fused-ring (bicyclic) bond motifs is 4. The Morgan fingerprint density at radius 1 is 0.826 bits per heavy atom. The summed E-state index contributed by atoms with van der Waals surface area (Å²) in [4.78, 5) is 25.9. The van der Waals surface area contributed by atoms with E-state index in [0.717, 1.165) is 5.69 Å². The first-order chi connectivity index (χ1) is 10.8. The zero-order chi connectivity index (χ0) is 16.5. The number of rotatable bonds is 0. The number of carbonyl (C=O) groups excluding carboxylic acids is 2. The SMILES string of the molecule is CC1(C)Nc2ccc3c(c2N1)C(=O)c1c(N)ccc(N)c1C3=O. The molecule has 6 N–H and O–H groups in total. The molecule has 0 atom stereocenters. The Morgan fingerprint density at radius 2 is 1.43 bits per heavy atom. The number of carbonyl (C=O) groups is 2. The highest BCUT2D eigenvalue weighted by molar-refractivity contribution is 6.34. The standard InChI is InChI=1S/C17H16N4O2/c1-17(2)20-10-6-3-7-11(14(10)21-17)16(23)13-9(19)5-4-8(18)12(13)15(7)22/h3-6,20-21H,18-19H2,1-2H3. The van der Waals surface area contributed by atoms with Crippen molar-refractivity contribution in [3.63, 3.8) is 0 Å². The van der Waals surface area contributed by atoms with Gasteiger partial charge in [-0.15, -0.1) is 0 Å². The van der Waals surface area contributed by atoms with Crippen LogP contribution in [0.15, 0.2) is 24.3 Å². The third-order valence-corrected chi connectivity index (χ3v) is 4.29. The molecule has 0 amide bonds. The number of ketones is 2. The monoisotopic (exact) mass is 308 g/mol. The molecule has 23 heavy (non-hydrogen) atoms. The Hall–Kier alpha value is -3.02. The van der Waals surface area contributed by atoms with Crippen molar-refractivity contribution in [3.8, 4) is 0 Å². The van der Waals surface area contributed by atoms with Crippen molar-refractivity contribution in [3.05, 3.63) is 46.5 Å². The van der Waals surface area contributed by atoms with E-state index in [9.17, 15) is 9.59 Å². The molecular formula is C17H16N4O2. The predicted octanol–water partition coefficient (Wildman–Crippen LogP) is 2.20. The van der Waals surface area contributed by atoms with Gasteiger partial charge in [0.15, 0.2) is 11.6 Å². The fraction of sp³-hybridized carbons (Fsp3) is 0.176. The van der Waals surface area contributed by atoms with Crippen molar-refractivity contribution >= 4 is 34.3 Å². The van der Waals surface area contributed by atoms with Crippen LogP contribution in [0.1, 0.15) is 45.7 Å². The summed E-state index contributed by atoms with van der Waals surface area (Å²) in [6.07, 6.45) is 0. The minimum atomic E-state index is -0.400. The van der Waals surface area contributed by atoms with Crippen LogP contribution in [0.3, 0.4) is 0 Å². The van der Waals surface area contributed by atoms with E-state index in [1.165, 1.54) is 0 Å². The van der Waals surface area contributed by atoms with Gasteiger partial charge in [0.05, 0.1) is 28.1 Å². The quantitative estimate of drug-likeness (QED) is 0.474. The van der Waals surface area contributed by atoms with Gasteiger partial charge in [-0.3, -0.25) is 9.59 Å². The molecule has 2 aromatic rings. The molecular weight excluding hydrogens is 292 g/mol. The van der Waals surface area contributed by atoms with Crippen LogP contribution in [-0.2, 0) is 0 Å². The normalized spacial score (nSPS) is 17.0. The van der Waals surface area contributed by atoms with E-state index < -0.39 is 5.66 Å². The summed E-state index contributed by atoms with van der Waals surface area (Å²) in [6, 6.07) is 6.58. The van der Waals surface area contributed by atoms with E-state index in [4.69, 9.17) is 11.5 Å². The van der Waals surface area contributed by atoms with E-state index in [1.54, 1.807) is 24.3 Å². The Kier molecular flexibility index (Phi) is 2.39. The van der Waals surface area contributed by atoms with Gasteiger partial charge in [-0.2, -0.15) is 0 Å². The fourth-order valence-electron chi connectivity index (χ4n) is 3.33. The summed E-state index contributed by atoms with van der Waals surface area (Å²) in [6.45, 7) is 3.91. The minimum Gasteiger partial charge on any atom is -0.398 e. The van der Waals surface area contributed by atoms with Crippen LogP contribution in [0.4, 0.5) is 22.7 Å². The molecule has 6 heteroatoms. The lowest BCUT2D eigenvalue weighted by Gasteiger charge is -2.23. The molecule has 2 aliphatic rings. The van der Waals surface area contributed by atoms with Gasteiger partial charge in [0, 0.05) is 16.9 Å². The van der Waals surface area contributed by atoms with Gasteiger partial charge in [-0.1, -0.05) is 0 Å². The molecule has 0 fully saturated rings. The zero-order valence-corrected chi connectivity index (χ0v) is 12.8. The second-order valence-electron chi connectivity index (χ2n) is 6.44. The van der Waals surface area contributed by atoms with Gasteiger partial charge in [-0.25, -0.2) is 0 Å². The first-order valence-electron chi connectivity index (χ1n) is 7.31. The van der Waals surface area contributed by atoms with Crippen LogP contribution in [0.2, 0.25) is 0 Å². The molecule has 0 unspecified atom stereocenters. The van der Waals surface area contributed by atoms with Crippen molar-refractivity contribution in [2.45, 2.75) is 19.5 Å². The molecule has 0 bridgehead atoms. The van der Waals surface area contributed by atoms with Crippen LogP contribution in [0.25, 0.3) is 0 Å². The highest BCUT2D eigenvalue weighted by Gasteiger charge is 2.39. The van der Waals surface area contributed by atoms with E-state index >= 15 is 0 Å². The maximum atomic E-state index is 13.0. The van der Waals surface area contributed by atoms with Crippen molar-refractivity contribution in [2.75, 3.05) is 22.1 Å². The largest absolute Gasteiger partial charge is 0.398 e. The molecule has 2 aromatic carbocycles. The topological polar surface area (TPSA) is 110 Å². The average molecular weight is 308 g/mol. The molecule has 1 heterocycles. The van der Waals surface area contributed by atoms with Crippen molar-refractivity contribution in [2.24, 2.45) is 0 Å². The van der Waals surface area contributed by atoms with Gasteiger partial charge in [0.25, 0.3) is 0 Å². The molecule has 0 aromatic heterocycles. The third-order valence-electron chi connectivity index (χ3n) is 4.29. The summed E-state index contributed by atoms with van der Waals surface area (Å²) in [5.74, 6) is -0.544.